The van der Waals surface area contributed by atoms with Crippen LogP contribution in [0.3, 0.4) is 0 Å². The van der Waals surface area contributed by atoms with Crippen molar-refractivity contribution < 1.29 is 49.5 Å². The van der Waals surface area contributed by atoms with Gasteiger partial charge in [-0.15, -0.1) is 0 Å². The summed E-state index contributed by atoms with van der Waals surface area (Å²) < 4.78 is 0. The van der Waals surface area contributed by atoms with Crippen molar-refractivity contribution in [2.45, 2.75) is 0 Å². The van der Waals surface area contributed by atoms with E-state index in [0.29, 0.717) is 12.1 Å². The largest absolute Gasteiger partial charge is 0.478 e. The van der Waals surface area contributed by atoms with E-state index >= 15 is 0 Å². The Morgan fingerprint density at radius 2 is 1.04 bits per heavy atom. The number of carbonyl (C=O) groups is 5. The van der Waals surface area contributed by atoms with Gasteiger partial charge in [0.05, 0.1) is 27.8 Å². The number of aromatic carboxylic acids is 5. The summed E-state index contributed by atoms with van der Waals surface area (Å²) in [6, 6.07) is 1.93. The molecule has 0 spiro atoms. The Morgan fingerprint density at radius 1 is 0.560 bits per heavy atom. The summed E-state index contributed by atoms with van der Waals surface area (Å²) in [6.07, 6.45) is 0. The number of rotatable bonds is 5. The van der Waals surface area contributed by atoms with Crippen molar-refractivity contribution in [3.05, 3.63) is 46.0 Å². The number of hydrogen-bond donors (Lipinski definition) is 5. The van der Waals surface area contributed by atoms with Crippen LogP contribution in [0.4, 0.5) is 0 Å². The average molecular weight is 348 g/mol. The van der Waals surface area contributed by atoms with Crippen LogP contribution in [-0.2, 0) is 0 Å². The van der Waals surface area contributed by atoms with Gasteiger partial charge in [-0.1, -0.05) is 0 Å². The van der Waals surface area contributed by atoms with Crippen LogP contribution in [0.1, 0.15) is 51.8 Å². The second kappa shape index (κ2) is 5.92. The third-order valence-corrected chi connectivity index (χ3v) is 3.39. The van der Waals surface area contributed by atoms with Crippen LogP contribution in [0, 0.1) is 0 Å². The summed E-state index contributed by atoms with van der Waals surface area (Å²) in [5.41, 5.74) is -3.99. The van der Waals surface area contributed by atoms with E-state index in [-0.39, 0.29) is 0 Å². The van der Waals surface area contributed by atoms with E-state index < -0.39 is 68.4 Å². The van der Waals surface area contributed by atoms with Gasteiger partial charge in [0.15, 0.2) is 0 Å². The smallest absolute Gasteiger partial charge is 0.337 e. The van der Waals surface area contributed by atoms with Crippen LogP contribution < -0.4 is 0 Å². The van der Waals surface area contributed by atoms with Crippen LogP contribution in [0.25, 0.3) is 10.8 Å². The Kier molecular flexibility index (Phi) is 4.12. The highest BCUT2D eigenvalue weighted by molar-refractivity contribution is 6.21. The first-order valence-electron chi connectivity index (χ1n) is 6.37. The fraction of sp³-hybridized carbons (Fsp3) is 0. The predicted octanol–water partition coefficient (Wildman–Crippen LogP) is 1.33. The molecule has 2 rings (SSSR count). The first-order valence-corrected chi connectivity index (χ1v) is 6.37. The van der Waals surface area contributed by atoms with Gasteiger partial charge in [0, 0.05) is 5.39 Å². The van der Waals surface area contributed by atoms with Crippen LogP contribution in [0.2, 0.25) is 0 Å². The van der Waals surface area contributed by atoms with E-state index in [9.17, 15) is 39.3 Å². The van der Waals surface area contributed by atoms with Crippen molar-refractivity contribution in [3.8, 4) is 0 Å². The lowest BCUT2D eigenvalue weighted by Crippen LogP contribution is -2.15. The average Bonchev–Trinajstić information content (AvgIpc) is 2.50. The molecule has 0 aliphatic heterocycles. The van der Waals surface area contributed by atoms with E-state index in [4.69, 9.17) is 10.2 Å². The molecule has 128 valence electrons. The molecule has 0 fully saturated rings. The molecule has 25 heavy (non-hydrogen) atoms. The minimum atomic E-state index is -1.78. The van der Waals surface area contributed by atoms with Crippen molar-refractivity contribution in [3.63, 3.8) is 0 Å². The van der Waals surface area contributed by atoms with Gasteiger partial charge in [0.2, 0.25) is 0 Å². The molecule has 0 atom stereocenters. The molecule has 2 aromatic carbocycles. The molecular formula is C15H8O10. The quantitative estimate of drug-likeness (QED) is 0.527. The molecule has 10 nitrogen and oxygen atoms in total. The van der Waals surface area contributed by atoms with Gasteiger partial charge < -0.3 is 25.5 Å². The highest BCUT2D eigenvalue weighted by Crippen LogP contribution is 2.31. The summed E-state index contributed by atoms with van der Waals surface area (Å²) >= 11 is 0. The molecule has 0 bridgehead atoms. The zero-order chi connectivity index (χ0) is 19.0. The van der Waals surface area contributed by atoms with E-state index in [0.717, 1.165) is 6.07 Å². The fourth-order valence-electron chi connectivity index (χ4n) is 2.42. The van der Waals surface area contributed by atoms with Crippen LogP contribution in [0.15, 0.2) is 18.2 Å². The standard InChI is InChI=1S/C15H8O10/c16-11(17)4-1-5-9(6(2-4)12(18)19)7(13(20)21)3-8(14(22)23)10(5)15(24)25/h1-3H,(H,16,17)(H,18,19)(H,20,21)(H,22,23)(H,24,25). The molecule has 0 heterocycles. The molecule has 0 saturated carbocycles. The van der Waals surface area contributed by atoms with Crippen molar-refractivity contribution in [1.82, 2.24) is 0 Å². The number of carboxylic acid groups (broad SMARTS) is 5. The molecule has 2 aromatic rings. The van der Waals surface area contributed by atoms with Crippen LogP contribution >= 0.6 is 0 Å². The molecule has 0 aliphatic rings. The van der Waals surface area contributed by atoms with Gasteiger partial charge in [-0.3, -0.25) is 0 Å². The summed E-state index contributed by atoms with van der Waals surface area (Å²) in [7, 11) is 0. The zero-order valence-corrected chi connectivity index (χ0v) is 12.0. The first-order chi connectivity index (χ1) is 11.6. The summed E-state index contributed by atoms with van der Waals surface area (Å²) in [6.45, 7) is 0. The third-order valence-electron chi connectivity index (χ3n) is 3.39. The van der Waals surface area contributed by atoms with Gasteiger partial charge in [-0.2, -0.15) is 0 Å². The Balaban J connectivity index is 3.25. The van der Waals surface area contributed by atoms with Crippen molar-refractivity contribution in [2.24, 2.45) is 0 Å². The maximum Gasteiger partial charge on any atom is 0.337 e. The first kappa shape index (κ1) is 17.4. The Hall–Kier alpha value is -3.95. The SMILES string of the molecule is O=C(O)c1cc(C(=O)O)c2c(C(=O)O)cc(C(=O)O)c(C(=O)O)c2c1. The lowest BCUT2D eigenvalue weighted by Gasteiger charge is -2.13. The molecule has 0 aliphatic carbocycles. The highest BCUT2D eigenvalue weighted by atomic mass is 16.4. The van der Waals surface area contributed by atoms with Crippen LogP contribution in [0.5, 0.6) is 0 Å². The Bertz CT molecular complexity index is 965. The minimum absolute atomic E-state index is 0.531. The number of hydrogen-bond acceptors (Lipinski definition) is 5. The van der Waals surface area contributed by atoms with E-state index in [1.165, 1.54) is 0 Å². The number of benzene rings is 2. The molecule has 5 N–H and O–H groups in total. The third kappa shape index (κ3) is 2.83. The van der Waals surface area contributed by atoms with E-state index in [2.05, 4.69) is 0 Å². The number of fused-ring (bicyclic) bond motifs is 1. The summed E-state index contributed by atoms with van der Waals surface area (Å²) in [5, 5.41) is 44.8. The molecule has 0 unspecified atom stereocenters. The minimum Gasteiger partial charge on any atom is -0.478 e. The second-order valence-corrected chi connectivity index (χ2v) is 4.82. The lowest BCUT2D eigenvalue weighted by molar-refractivity contribution is 0.0651. The normalized spacial score (nSPS) is 10.4. The Morgan fingerprint density at radius 3 is 1.44 bits per heavy atom. The Labute approximate surface area is 137 Å². The maximum absolute atomic E-state index is 11.5. The van der Waals surface area contributed by atoms with Crippen molar-refractivity contribution in [2.75, 3.05) is 0 Å². The van der Waals surface area contributed by atoms with Crippen molar-refractivity contribution in [1.29, 1.82) is 0 Å². The second-order valence-electron chi connectivity index (χ2n) is 4.82. The topological polar surface area (TPSA) is 186 Å². The van der Waals surface area contributed by atoms with Crippen LogP contribution in [-0.4, -0.2) is 55.4 Å². The molecule has 10 heteroatoms. The monoisotopic (exact) mass is 348 g/mol. The maximum atomic E-state index is 11.5. The molecule has 0 aromatic heterocycles. The van der Waals surface area contributed by atoms with Gasteiger partial charge in [-0.05, 0) is 23.6 Å². The lowest BCUT2D eigenvalue weighted by atomic mass is 9.90. The fourth-order valence-corrected chi connectivity index (χ4v) is 2.42. The molecule has 0 saturated heterocycles. The van der Waals surface area contributed by atoms with Gasteiger partial charge in [0.25, 0.3) is 0 Å². The van der Waals surface area contributed by atoms with E-state index in [1.54, 1.807) is 0 Å². The van der Waals surface area contributed by atoms with Gasteiger partial charge >= 0.3 is 29.8 Å². The summed E-state index contributed by atoms with van der Waals surface area (Å²) in [5.74, 6) is -8.54. The highest BCUT2D eigenvalue weighted by Gasteiger charge is 2.28. The van der Waals surface area contributed by atoms with E-state index in [1.807, 2.05) is 0 Å². The zero-order valence-electron chi connectivity index (χ0n) is 12.0. The van der Waals surface area contributed by atoms with Crippen molar-refractivity contribution >= 4 is 40.6 Å². The summed E-state index contributed by atoms with van der Waals surface area (Å²) in [4.78, 5) is 56.8. The molecular weight excluding hydrogens is 340 g/mol. The van der Waals surface area contributed by atoms with Gasteiger partial charge in [-0.25, -0.2) is 24.0 Å². The van der Waals surface area contributed by atoms with Gasteiger partial charge in [0.1, 0.15) is 0 Å². The number of carboxylic acids is 5. The molecule has 0 amide bonds. The molecule has 0 radical (unpaired) electrons. The predicted molar refractivity (Wildman–Crippen MR) is 78.7 cm³/mol.